The summed E-state index contributed by atoms with van der Waals surface area (Å²) in [5, 5.41) is 6.84. The predicted octanol–water partition coefficient (Wildman–Crippen LogP) is 2.28. The molecule has 5 heteroatoms. The van der Waals surface area contributed by atoms with Crippen LogP contribution in [0.25, 0.3) is 10.9 Å². The van der Waals surface area contributed by atoms with Crippen molar-refractivity contribution < 1.29 is 9.18 Å². The zero-order valence-electron chi connectivity index (χ0n) is 6.34. The molecule has 13 heavy (non-hydrogen) atoms. The van der Waals surface area contributed by atoms with Gasteiger partial charge in [0.2, 0.25) is 0 Å². The van der Waals surface area contributed by atoms with Gasteiger partial charge in [0.05, 0.1) is 9.99 Å². The minimum absolute atomic E-state index is 0.265. The van der Waals surface area contributed by atoms with Crippen LogP contribution in [0.2, 0.25) is 0 Å². The molecular formula is C8H4BrFN2O. The molecule has 0 bridgehead atoms. The summed E-state index contributed by atoms with van der Waals surface area (Å²) in [4.78, 5) is 10.5. The molecule has 0 aliphatic heterocycles. The van der Waals surface area contributed by atoms with E-state index in [1.807, 2.05) is 0 Å². The number of H-pyrrole nitrogens is 1. The fraction of sp³-hybridized carbons (Fsp3) is 0. The molecule has 0 fully saturated rings. The predicted molar refractivity (Wildman–Crippen MR) is 49.1 cm³/mol. The second-order valence-corrected chi connectivity index (χ2v) is 3.30. The molecule has 0 aliphatic carbocycles. The monoisotopic (exact) mass is 242 g/mol. The molecule has 3 nitrogen and oxygen atoms in total. The Hall–Kier alpha value is -1.23. The first-order chi connectivity index (χ1) is 6.24. The zero-order valence-corrected chi connectivity index (χ0v) is 7.93. The molecule has 1 aromatic carbocycles. The molecule has 66 valence electrons. The second kappa shape index (κ2) is 2.92. The van der Waals surface area contributed by atoms with Crippen LogP contribution in [-0.2, 0) is 0 Å². The SMILES string of the molecule is O=Cc1[nH]nc2ccc(F)c(Br)c12. The summed E-state index contributed by atoms with van der Waals surface area (Å²) in [5.41, 5.74) is 0.844. The molecule has 0 saturated carbocycles. The molecule has 0 spiro atoms. The molecule has 0 aliphatic rings. The molecular weight excluding hydrogens is 239 g/mol. The Morgan fingerprint density at radius 2 is 2.31 bits per heavy atom. The van der Waals surface area contributed by atoms with Crippen molar-refractivity contribution >= 4 is 33.1 Å². The highest BCUT2D eigenvalue weighted by Crippen LogP contribution is 2.27. The molecule has 0 atom stereocenters. The Kier molecular flexibility index (Phi) is 1.88. The highest BCUT2D eigenvalue weighted by Gasteiger charge is 2.11. The number of carbonyl (C=O) groups excluding carboxylic acids is 1. The topological polar surface area (TPSA) is 45.8 Å². The third-order valence-corrected chi connectivity index (χ3v) is 2.53. The third kappa shape index (κ3) is 1.16. The van der Waals surface area contributed by atoms with Gasteiger partial charge < -0.3 is 0 Å². The molecule has 2 rings (SSSR count). The number of aromatic nitrogens is 2. The average Bonchev–Trinajstić information content (AvgIpc) is 2.55. The maximum absolute atomic E-state index is 13.0. The first kappa shape index (κ1) is 8.37. The lowest BCUT2D eigenvalue weighted by atomic mass is 10.2. The number of aromatic amines is 1. The van der Waals surface area contributed by atoms with E-state index in [0.717, 1.165) is 0 Å². The van der Waals surface area contributed by atoms with E-state index >= 15 is 0 Å². The molecule has 0 saturated heterocycles. The Morgan fingerprint density at radius 1 is 1.54 bits per heavy atom. The van der Waals surface area contributed by atoms with Gasteiger partial charge in [0, 0.05) is 5.39 Å². The quantitative estimate of drug-likeness (QED) is 0.781. The number of hydrogen-bond donors (Lipinski definition) is 1. The van der Waals surface area contributed by atoms with Crippen LogP contribution in [0, 0.1) is 5.82 Å². The van der Waals surface area contributed by atoms with E-state index in [1.165, 1.54) is 12.1 Å². The van der Waals surface area contributed by atoms with Gasteiger partial charge in [0.25, 0.3) is 0 Å². The summed E-state index contributed by atoms with van der Waals surface area (Å²) in [7, 11) is 0. The number of aldehydes is 1. The van der Waals surface area contributed by atoms with Crippen molar-refractivity contribution in [3.05, 3.63) is 28.1 Å². The van der Waals surface area contributed by atoms with E-state index in [0.29, 0.717) is 17.2 Å². The molecule has 0 radical (unpaired) electrons. The van der Waals surface area contributed by atoms with E-state index < -0.39 is 5.82 Å². The van der Waals surface area contributed by atoms with Crippen molar-refractivity contribution in [1.82, 2.24) is 10.2 Å². The second-order valence-electron chi connectivity index (χ2n) is 2.51. The van der Waals surface area contributed by atoms with Crippen molar-refractivity contribution in [2.75, 3.05) is 0 Å². The lowest BCUT2D eigenvalue weighted by Gasteiger charge is -1.94. The first-order valence-corrected chi connectivity index (χ1v) is 4.30. The summed E-state index contributed by atoms with van der Waals surface area (Å²) in [6.07, 6.45) is 0.611. The number of halogens is 2. The highest BCUT2D eigenvalue weighted by molar-refractivity contribution is 9.10. The fourth-order valence-corrected chi connectivity index (χ4v) is 1.70. The number of fused-ring (bicyclic) bond motifs is 1. The number of benzene rings is 1. The van der Waals surface area contributed by atoms with E-state index in [2.05, 4.69) is 26.1 Å². The zero-order chi connectivity index (χ0) is 9.42. The summed E-state index contributed by atoms with van der Waals surface area (Å²) in [5.74, 6) is -0.406. The normalized spacial score (nSPS) is 10.6. The van der Waals surface area contributed by atoms with Crippen LogP contribution >= 0.6 is 15.9 Å². The van der Waals surface area contributed by atoms with Gasteiger partial charge in [0.1, 0.15) is 11.5 Å². The van der Waals surface area contributed by atoms with Gasteiger partial charge in [-0.05, 0) is 28.1 Å². The number of hydrogen-bond acceptors (Lipinski definition) is 2. The van der Waals surface area contributed by atoms with Gasteiger partial charge in [-0.2, -0.15) is 5.10 Å². The average molecular weight is 243 g/mol. The van der Waals surface area contributed by atoms with Gasteiger partial charge >= 0.3 is 0 Å². The number of nitrogens with one attached hydrogen (secondary N) is 1. The summed E-state index contributed by atoms with van der Waals surface area (Å²) < 4.78 is 13.3. The molecule has 0 amide bonds. The molecule has 1 heterocycles. The Morgan fingerprint density at radius 3 is 3.00 bits per heavy atom. The summed E-state index contributed by atoms with van der Waals surface area (Å²) in [6.45, 7) is 0. The van der Waals surface area contributed by atoms with Crippen molar-refractivity contribution in [2.24, 2.45) is 0 Å². The smallest absolute Gasteiger partial charge is 0.168 e. The van der Waals surface area contributed by atoms with E-state index in [9.17, 15) is 9.18 Å². The van der Waals surface area contributed by atoms with Crippen LogP contribution < -0.4 is 0 Å². The molecule has 0 unspecified atom stereocenters. The van der Waals surface area contributed by atoms with Gasteiger partial charge in [-0.3, -0.25) is 9.89 Å². The molecule has 1 N–H and O–H groups in total. The summed E-state index contributed by atoms with van der Waals surface area (Å²) in [6, 6.07) is 2.81. The van der Waals surface area contributed by atoms with Crippen molar-refractivity contribution in [1.29, 1.82) is 0 Å². The van der Waals surface area contributed by atoms with Gasteiger partial charge in [-0.25, -0.2) is 4.39 Å². The number of carbonyl (C=O) groups is 1. The van der Waals surface area contributed by atoms with Crippen LogP contribution in [0.1, 0.15) is 10.5 Å². The highest BCUT2D eigenvalue weighted by atomic mass is 79.9. The van der Waals surface area contributed by atoms with Crippen molar-refractivity contribution in [3.8, 4) is 0 Å². The number of nitrogens with zero attached hydrogens (tertiary/aromatic N) is 1. The van der Waals surface area contributed by atoms with Crippen LogP contribution in [0.4, 0.5) is 4.39 Å². The standard InChI is InChI=1S/C8H4BrFN2O/c9-8-4(10)1-2-5-7(8)6(3-13)12-11-5/h1-3H,(H,11,12). The Bertz CT molecular complexity index is 480. The lowest BCUT2D eigenvalue weighted by Crippen LogP contribution is -1.82. The van der Waals surface area contributed by atoms with Crippen LogP contribution in [-0.4, -0.2) is 16.5 Å². The van der Waals surface area contributed by atoms with Crippen LogP contribution in [0.3, 0.4) is 0 Å². The number of rotatable bonds is 1. The minimum atomic E-state index is -0.406. The third-order valence-electron chi connectivity index (χ3n) is 1.76. The Balaban J connectivity index is 2.93. The van der Waals surface area contributed by atoms with Crippen molar-refractivity contribution in [2.45, 2.75) is 0 Å². The van der Waals surface area contributed by atoms with Crippen LogP contribution in [0.15, 0.2) is 16.6 Å². The van der Waals surface area contributed by atoms with Crippen LogP contribution in [0.5, 0.6) is 0 Å². The van der Waals surface area contributed by atoms with Crippen molar-refractivity contribution in [3.63, 3.8) is 0 Å². The lowest BCUT2D eigenvalue weighted by molar-refractivity contribution is 0.112. The fourth-order valence-electron chi connectivity index (χ4n) is 1.15. The minimum Gasteiger partial charge on any atom is -0.296 e. The first-order valence-electron chi connectivity index (χ1n) is 3.51. The van der Waals surface area contributed by atoms with Gasteiger partial charge in [-0.15, -0.1) is 0 Å². The maximum Gasteiger partial charge on any atom is 0.168 e. The van der Waals surface area contributed by atoms with E-state index in [1.54, 1.807) is 0 Å². The maximum atomic E-state index is 13.0. The summed E-state index contributed by atoms with van der Waals surface area (Å²) >= 11 is 3.06. The Labute approximate surface area is 81.1 Å². The molecule has 2 aromatic rings. The molecule has 1 aromatic heterocycles. The van der Waals surface area contributed by atoms with Gasteiger partial charge in [0.15, 0.2) is 6.29 Å². The van der Waals surface area contributed by atoms with Gasteiger partial charge in [-0.1, -0.05) is 0 Å². The largest absolute Gasteiger partial charge is 0.296 e. The van der Waals surface area contributed by atoms with E-state index in [4.69, 9.17) is 0 Å². The van der Waals surface area contributed by atoms with E-state index in [-0.39, 0.29) is 10.2 Å².